The number of esters is 2. The van der Waals surface area contributed by atoms with Gasteiger partial charge in [-0.3, -0.25) is 9.59 Å². The van der Waals surface area contributed by atoms with Crippen LogP contribution in [0.3, 0.4) is 0 Å². The third kappa shape index (κ3) is 5.95. The fourth-order valence-corrected chi connectivity index (χ4v) is 3.63. The molecule has 0 unspecified atom stereocenters. The first kappa shape index (κ1) is 20.7. The van der Waals surface area contributed by atoms with E-state index in [2.05, 4.69) is 6.58 Å². The second kappa shape index (κ2) is 9.85. The van der Waals surface area contributed by atoms with Crippen molar-refractivity contribution in [2.24, 2.45) is 10.8 Å². The molecule has 24 heavy (non-hydrogen) atoms. The number of hydrogen-bond acceptors (Lipinski definition) is 4. The van der Waals surface area contributed by atoms with Crippen LogP contribution in [-0.4, -0.2) is 25.7 Å². The Hall–Kier alpha value is -1.32. The summed E-state index contributed by atoms with van der Waals surface area (Å²) in [5.41, 5.74) is -0.395. The average Bonchev–Trinajstić information content (AvgIpc) is 2.60. The van der Waals surface area contributed by atoms with Gasteiger partial charge in [0.1, 0.15) is 6.61 Å². The van der Waals surface area contributed by atoms with Gasteiger partial charge < -0.3 is 9.47 Å². The summed E-state index contributed by atoms with van der Waals surface area (Å²) < 4.78 is 9.83. The van der Waals surface area contributed by atoms with Gasteiger partial charge in [0.2, 0.25) is 0 Å². The molecular formula is C20H34O4. The van der Waals surface area contributed by atoms with Gasteiger partial charge in [0.05, 0.1) is 17.9 Å². The average molecular weight is 338 g/mol. The van der Waals surface area contributed by atoms with Crippen LogP contribution in [0.15, 0.2) is 12.7 Å². The summed E-state index contributed by atoms with van der Waals surface area (Å²) in [5, 5.41) is 0. The third-order valence-electron chi connectivity index (χ3n) is 5.42. The normalized spacial score (nSPS) is 21.6. The molecule has 0 N–H and O–H groups in total. The van der Waals surface area contributed by atoms with Gasteiger partial charge >= 0.3 is 11.9 Å². The second-order valence-electron chi connectivity index (χ2n) is 7.62. The number of methoxy groups -OCH3 is 1. The van der Waals surface area contributed by atoms with Gasteiger partial charge in [-0.1, -0.05) is 51.2 Å². The highest BCUT2D eigenvalue weighted by Crippen LogP contribution is 2.37. The summed E-state index contributed by atoms with van der Waals surface area (Å²) in [7, 11) is 1.47. The van der Waals surface area contributed by atoms with Gasteiger partial charge in [-0.05, 0) is 39.5 Å². The van der Waals surface area contributed by atoms with Gasteiger partial charge in [0.15, 0.2) is 0 Å². The minimum absolute atomic E-state index is 0.0304. The number of ether oxygens (including phenoxy) is 2. The standard InChI is InChI=1S/C11H18O2.C9H16O2/c1-3-9-13-10(12)11(2)7-5-4-6-8-11;1-9(8(10)11-2)6-4-3-5-7-9/h3H,1,4-9H2,2H3;3-7H2,1-2H3. The maximum absolute atomic E-state index is 11.6. The van der Waals surface area contributed by atoms with Gasteiger partial charge in [0.25, 0.3) is 0 Å². The quantitative estimate of drug-likeness (QED) is 0.545. The minimum Gasteiger partial charge on any atom is -0.469 e. The van der Waals surface area contributed by atoms with Crippen LogP contribution in [0.4, 0.5) is 0 Å². The highest BCUT2D eigenvalue weighted by Gasteiger charge is 2.36. The molecule has 0 aromatic rings. The van der Waals surface area contributed by atoms with Crippen molar-refractivity contribution < 1.29 is 19.1 Å². The summed E-state index contributed by atoms with van der Waals surface area (Å²) >= 11 is 0. The summed E-state index contributed by atoms with van der Waals surface area (Å²) in [4.78, 5) is 22.9. The van der Waals surface area contributed by atoms with Gasteiger partial charge in [-0.2, -0.15) is 0 Å². The summed E-state index contributed by atoms with van der Waals surface area (Å²) in [6.07, 6.45) is 12.7. The van der Waals surface area contributed by atoms with E-state index in [9.17, 15) is 9.59 Å². The molecule has 0 bridgehead atoms. The molecule has 0 radical (unpaired) electrons. The Morgan fingerprint density at radius 3 is 1.67 bits per heavy atom. The number of rotatable bonds is 4. The van der Waals surface area contributed by atoms with Crippen LogP contribution in [0.5, 0.6) is 0 Å². The highest BCUT2D eigenvalue weighted by atomic mass is 16.5. The Labute approximate surface area is 147 Å². The van der Waals surface area contributed by atoms with E-state index in [1.807, 2.05) is 13.8 Å². The van der Waals surface area contributed by atoms with E-state index in [0.29, 0.717) is 6.61 Å². The van der Waals surface area contributed by atoms with Crippen LogP contribution in [-0.2, 0) is 19.1 Å². The molecule has 2 aliphatic rings. The Bertz CT molecular complexity index is 415. The molecule has 2 rings (SSSR count). The van der Waals surface area contributed by atoms with Crippen LogP contribution in [0.25, 0.3) is 0 Å². The maximum Gasteiger partial charge on any atom is 0.312 e. The van der Waals surface area contributed by atoms with Crippen molar-refractivity contribution in [3.8, 4) is 0 Å². The molecule has 138 valence electrons. The Balaban J connectivity index is 0.000000243. The predicted octanol–water partition coefficient (Wildman–Crippen LogP) is 4.82. The second-order valence-corrected chi connectivity index (χ2v) is 7.62. The van der Waals surface area contributed by atoms with Crippen molar-refractivity contribution in [3.63, 3.8) is 0 Å². The zero-order chi connectivity index (χ0) is 18.1. The van der Waals surface area contributed by atoms with Crippen LogP contribution in [0.1, 0.15) is 78.1 Å². The Morgan fingerprint density at radius 2 is 1.29 bits per heavy atom. The molecule has 0 aliphatic heterocycles. The van der Waals surface area contributed by atoms with E-state index in [0.717, 1.165) is 38.5 Å². The van der Waals surface area contributed by atoms with Gasteiger partial charge in [0, 0.05) is 0 Å². The Morgan fingerprint density at radius 1 is 0.875 bits per heavy atom. The van der Waals surface area contributed by atoms with E-state index < -0.39 is 0 Å². The van der Waals surface area contributed by atoms with Crippen molar-refractivity contribution in [1.82, 2.24) is 0 Å². The molecule has 0 amide bonds. The molecular weight excluding hydrogens is 304 g/mol. The van der Waals surface area contributed by atoms with E-state index in [4.69, 9.17) is 9.47 Å². The van der Waals surface area contributed by atoms with E-state index in [-0.39, 0.29) is 22.8 Å². The van der Waals surface area contributed by atoms with E-state index in [1.54, 1.807) is 6.08 Å². The lowest BCUT2D eigenvalue weighted by Crippen LogP contribution is -2.32. The largest absolute Gasteiger partial charge is 0.469 e. The highest BCUT2D eigenvalue weighted by molar-refractivity contribution is 5.76. The molecule has 0 saturated heterocycles. The predicted molar refractivity (Wildman–Crippen MR) is 95.6 cm³/mol. The zero-order valence-corrected chi connectivity index (χ0v) is 15.7. The topological polar surface area (TPSA) is 52.6 Å². The zero-order valence-electron chi connectivity index (χ0n) is 15.7. The summed E-state index contributed by atoms with van der Waals surface area (Å²) in [6, 6.07) is 0. The molecule has 2 fully saturated rings. The van der Waals surface area contributed by atoms with Crippen molar-refractivity contribution in [1.29, 1.82) is 0 Å². The SMILES string of the molecule is C=CCOC(=O)C1(C)CCCCC1.COC(=O)C1(C)CCCCC1. The van der Waals surface area contributed by atoms with Crippen LogP contribution in [0.2, 0.25) is 0 Å². The Kier molecular flexibility index (Phi) is 8.51. The first-order valence-corrected chi connectivity index (χ1v) is 9.24. The van der Waals surface area contributed by atoms with Crippen molar-refractivity contribution in [2.75, 3.05) is 13.7 Å². The molecule has 2 saturated carbocycles. The van der Waals surface area contributed by atoms with Crippen LogP contribution >= 0.6 is 0 Å². The molecule has 4 nitrogen and oxygen atoms in total. The minimum atomic E-state index is -0.221. The first-order chi connectivity index (χ1) is 11.4. The van der Waals surface area contributed by atoms with Crippen molar-refractivity contribution >= 4 is 11.9 Å². The van der Waals surface area contributed by atoms with Crippen molar-refractivity contribution in [3.05, 3.63) is 12.7 Å². The molecule has 0 aromatic carbocycles. The number of carbonyl (C=O) groups is 2. The monoisotopic (exact) mass is 338 g/mol. The summed E-state index contributed by atoms with van der Waals surface area (Å²) in [5.74, 6) is -0.0794. The smallest absolute Gasteiger partial charge is 0.312 e. The molecule has 0 aromatic heterocycles. The van der Waals surface area contributed by atoms with Crippen LogP contribution in [0, 0.1) is 10.8 Å². The third-order valence-corrected chi connectivity index (χ3v) is 5.42. The summed E-state index contributed by atoms with van der Waals surface area (Å²) in [6.45, 7) is 7.89. The molecule has 0 atom stereocenters. The maximum atomic E-state index is 11.6. The number of hydrogen-bond donors (Lipinski definition) is 0. The molecule has 0 heterocycles. The lowest BCUT2D eigenvalue weighted by atomic mass is 9.76. The molecule has 4 heteroatoms. The van der Waals surface area contributed by atoms with Gasteiger partial charge in [-0.25, -0.2) is 0 Å². The molecule has 2 aliphatic carbocycles. The van der Waals surface area contributed by atoms with Crippen LogP contribution < -0.4 is 0 Å². The van der Waals surface area contributed by atoms with E-state index in [1.165, 1.54) is 32.8 Å². The van der Waals surface area contributed by atoms with Crippen molar-refractivity contribution in [2.45, 2.75) is 78.1 Å². The lowest BCUT2D eigenvalue weighted by Gasteiger charge is -2.30. The van der Waals surface area contributed by atoms with Gasteiger partial charge in [-0.15, -0.1) is 0 Å². The van der Waals surface area contributed by atoms with E-state index >= 15 is 0 Å². The number of carbonyl (C=O) groups excluding carboxylic acids is 2. The fraction of sp³-hybridized carbons (Fsp3) is 0.800. The fourth-order valence-electron chi connectivity index (χ4n) is 3.63. The first-order valence-electron chi connectivity index (χ1n) is 9.24. The lowest BCUT2D eigenvalue weighted by molar-refractivity contribution is -0.155. The molecule has 0 spiro atoms.